The Balaban J connectivity index is 1.44. The summed E-state index contributed by atoms with van der Waals surface area (Å²) in [6.45, 7) is 9.33. The molecular formula is C26H34FN5O5. The molecule has 0 aliphatic carbocycles. The first-order chi connectivity index (χ1) is 17.5. The number of amides is 3. The fraction of sp³-hybridized carbons (Fsp3) is 0.462. The summed E-state index contributed by atoms with van der Waals surface area (Å²) in [4.78, 5) is 44.0. The van der Waals surface area contributed by atoms with Crippen molar-refractivity contribution in [2.75, 3.05) is 50.0 Å². The fourth-order valence-electron chi connectivity index (χ4n) is 3.53. The van der Waals surface area contributed by atoms with Crippen LogP contribution in [-0.2, 0) is 20.8 Å². The van der Waals surface area contributed by atoms with Gasteiger partial charge in [-0.05, 0) is 45.9 Å². The van der Waals surface area contributed by atoms with Crippen LogP contribution >= 0.6 is 0 Å². The van der Waals surface area contributed by atoms with Gasteiger partial charge in [-0.2, -0.15) is 0 Å². The molecule has 1 aliphatic rings. The van der Waals surface area contributed by atoms with Crippen LogP contribution in [-0.4, -0.2) is 72.3 Å². The molecule has 1 aromatic heterocycles. The number of ether oxygens (including phenoxy) is 2. The predicted molar refractivity (Wildman–Crippen MR) is 137 cm³/mol. The minimum Gasteiger partial charge on any atom is -0.462 e. The second kappa shape index (κ2) is 12.5. The molecule has 2 heterocycles. The van der Waals surface area contributed by atoms with Crippen LogP contribution in [0.4, 0.5) is 25.4 Å². The predicted octanol–water partition coefficient (Wildman–Crippen LogP) is 4.02. The van der Waals surface area contributed by atoms with E-state index in [4.69, 9.17) is 9.47 Å². The number of urea groups is 1. The number of esters is 1. The zero-order chi connectivity index (χ0) is 27.0. The average molecular weight is 516 g/mol. The van der Waals surface area contributed by atoms with Crippen molar-refractivity contribution in [1.82, 2.24) is 14.8 Å². The van der Waals surface area contributed by atoms with Crippen molar-refractivity contribution >= 4 is 29.5 Å². The van der Waals surface area contributed by atoms with Crippen molar-refractivity contribution in [3.05, 3.63) is 53.6 Å². The Labute approximate surface area is 216 Å². The zero-order valence-corrected chi connectivity index (χ0v) is 21.7. The number of hydrogen-bond donors (Lipinski definition) is 2. The number of piperazine rings is 1. The molecule has 1 saturated heterocycles. The second-order valence-corrected chi connectivity index (χ2v) is 9.81. The molecule has 2 N–H and O–H groups in total. The number of aromatic nitrogens is 1. The van der Waals surface area contributed by atoms with Crippen molar-refractivity contribution < 1.29 is 28.2 Å². The Bertz CT molecular complexity index is 1100. The van der Waals surface area contributed by atoms with Gasteiger partial charge in [0.05, 0.1) is 23.0 Å². The lowest BCUT2D eigenvalue weighted by Crippen LogP contribution is -2.48. The van der Waals surface area contributed by atoms with E-state index in [2.05, 4.69) is 15.6 Å². The van der Waals surface area contributed by atoms with E-state index < -0.39 is 23.4 Å². The van der Waals surface area contributed by atoms with Crippen molar-refractivity contribution in [2.45, 2.75) is 34.2 Å². The molecule has 0 spiro atoms. The summed E-state index contributed by atoms with van der Waals surface area (Å²) in [7, 11) is 0. The third-order valence-electron chi connectivity index (χ3n) is 5.67. The third-order valence-corrected chi connectivity index (χ3v) is 5.67. The summed E-state index contributed by atoms with van der Waals surface area (Å²) in [5.74, 6) is -0.862. The molecule has 3 rings (SSSR count). The van der Waals surface area contributed by atoms with E-state index in [-0.39, 0.29) is 24.9 Å². The number of halogens is 1. The van der Waals surface area contributed by atoms with Gasteiger partial charge in [0.15, 0.2) is 5.82 Å². The minimum absolute atomic E-state index is 0.00535. The molecule has 0 saturated carbocycles. The molecule has 37 heavy (non-hydrogen) atoms. The van der Waals surface area contributed by atoms with Crippen LogP contribution in [0.25, 0.3) is 0 Å². The van der Waals surface area contributed by atoms with Crippen molar-refractivity contribution in [3.8, 4) is 0 Å². The smallest absolute Gasteiger partial charge is 0.409 e. The maximum absolute atomic E-state index is 15.1. The van der Waals surface area contributed by atoms with E-state index in [1.54, 1.807) is 49.9 Å². The van der Waals surface area contributed by atoms with Crippen LogP contribution < -0.4 is 10.6 Å². The summed E-state index contributed by atoms with van der Waals surface area (Å²) < 4.78 is 25.4. The lowest BCUT2D eigenvalue weighted by Gasteiger charge is -2.34. The van der Waals surface area contributed by atoms with Gasteiger partial charge in [-0.3, -0.25) is 14.7 Å². The molecule has 2 aromatic rings. The van der Waals surface area contributed by atoms with Crippen LogP contribution in [0.2, 0.25) is 0 Å². The van der Waals surface area contributed by atoms with Gasteiger partial charge < -0.3 is 25.0 Å². The van der Waals surface area contributed by atoms with Gasteiger partial charge in [-0.25, -0.2) is 14.0 Å². The number of pyridine rings is 1. The molecule has 200 valence electrons. The number of anilines is 2. The molecular weight excluding hydrogens is 481 g/mol. The van der Waals surface area contributed by atoms with Gasteiger partial charge in [0.2, 0.25) is 0 Å². The van der Waals surface area contributed by atoms with E-state index in [0.717, 1.165) is 5.69 Å². The Morgan fingerprint density at radius 3 is 2.35 bits per heavy atom. The number of benzene rings is 1. The van der Waals surface area contributed by atoms with Crippen molar-refractivity contribution in [2.24, 2.45) is 5.41 Å². The number of carbonyl (C=O) groups excluding carboxylic acids is 3. The van der Waals surface area contributed by atoms with Gasteiger partial charge in [-0.1, -0.05) is 12.1 Å². The van der Waals surface area contributed by atoms with Gasteiger partial charge in [0.1, 0.15) is 13.2 Å². The number of rotatable bonds is 7. The number of carbonyl (C=O) groups is 3. The highest BCUT2D eigenvalue weighted by Crippen LogP contribution is 2.21. The molecule has 0 bridgehead atoms. The molecule has 10 nitrogen and oxygen atoms in total. The van der Waals surface area contributed by atoms with E-state index in [0.29, 0.717) is 44.0 Å². The highest BCUT2D eigenvalue weighted by Gasteiger charge is 2.25. The summed E-state index contributed by atoms with van der Waals surface area (Å²) in [6.07, 6.45) is 1.05. The van der Waals surface area contributed by atoms with Crippen LogP contribution in [0.3, 0.4) is 0 Å². The molecule has 3 amide bonds. The van der Waals surface area contributed by atoms with Crippen LogP contribution in [0.15, 0.2) is 36.5 Å². The lowest BCUT2D eigenvalue weighted by molar-refractivity contribution is -0.154. The normalized spacial score (nSPS) is 14.1. The van der Waals surface area contributed by atoms with Crippen LogP contribution in [0.1, 0.15) is 32.0 Å². The van der Waals surface area contributed by atoms with Crippen molar-refractivity contribution in [1.29, 1.82) is 0 Å². The first kappa shape index (κ1) is 27.9. The van der Waals surface area contributed by atoms with E-state index in [9.17, 15) is 14.4 Å². The zero-order valence-electron chi connectivity index (χ0n) is 21.7. The molecule has 1 fully saturated rings. The lowest BCUT2D eigenvalue weighted by atomic mass is 9.97. The van der Waals surface area contributed by atoms with Gasteiger partial charge >= 0.3 is 18.1 Å². The Morgan fingerprint density at radius 1 is 1.00 bits per heavy atom. The fourth-order valence-corrected chi connectivity index (χ4v) is 3.53. The van der Waals surface area contributed by atoms with E-state index in [1.165, 1.54) is 12.3 Å². The summed E-state index contributed by atoms with van der Waals surface area (Å²) in [5.41, 5.74) is 1.22. The maximum atomic E-state index is 15.1. The highest BCUT2D eigenvalue weighted by molar-refractivity contribution is 5.99. The van der Waals surface area contributed by atoms with E-state index >= 15 is 4.39 Å². The topological polar surface area (TPSA) is 113 Å². The average Bonchev–Trinajstić information content (AvgIpc) is 2.85. The molecule has 1 aliphatic heterocycles. The maximum Gasteiger partial charge on any atom is 0.409 e. The summed E-state index contributed by atoms with van der Waals surface area (Å²) in [6, 6.07) is 7.76. The first-order valence-corrected chi connectivity index (χ1v) is 12.1. The van der Waals surface area contributed by atoms with Gasteiger partial charge in [-0.15, -0.1) is 0 Å². The molecule has 1 aromatic carbocycles. The largest absolute Gasteiger partial charge is 0.462 e. The number of hydrogen-bond acceptors (Lipinski definition) is 7. The van der Waals surface area contributed by atoms with E-state index in [1.807, 2.05) is 11.8 Å². The first-order valence-electron chi connectivity index (χ1n) is 12.1. The highest BCUT2D eigenvalue weighted by atomic mass is 19.1. The Hall–Kier alpha value is -3.73. The van der Waals surface area contributed by atoms with Gasteiger partial charge in [0, 0.05) is 44.0 Å². The molecule has 11 heteroatoms. The summed E-state index contributed by atoms with van der Waals surface area (Å²) >= 11 is 0. The molecule has 0 atom stereocenters. The van der Waals surface area contributed by atoms with Crippen LogP contribution in [0.5, 0.6) is 0 Å². The standard InChI is InChI=1S/C26H34FN5O5/c1-18-8-9-20(16-28-18)29-24(34)30-21-7-5-6-19(22(21)27)17-31-10-12-32(13-11-31)25(35)37-15-14-36-23(33)26(2,3)4/h5-9,16H,10-15,17H2,1-4H3,(H2,29,30,34). The Kier molecular flexibility index (Phi) is 9.40. The number of nitrogens with zero attached hydrogens (tertiary/aromatic N) is 3. The second-order valence-electron chi connectivity index (χ2n) is 9.81. The number of nitrogens with one attached hydrogen (secondary N) is 2. The summed E-state index contributed by atoms with van der Waals surface area (Å²) in [5, 5.41) is 5.17. The SMILES string of the molecule is Cc1ccc(NC(=O)Nc2cccc(CN3CCN(C(=O)OCCOC(=O)C(C)(C)C)CC3)c2F)cn1. The van der Waals surface area contributed by atoms with Gasteiger partial charge in [0.25, 0.3) is 0 Å². The van der Waals surface area contributed by atoms with Crippen LogP contribution in [0, 0.1) is 18.2 Å². The number of aryl methyl sites for hydroxylation is 1. The minimum atomic E-state index is -0.610. The Morgan fingerprint density at radius 2 is 1.70 bits per heavy atom. The van der Waals surface area contributed by atoms with Crippen molar-refractivity contribution in [3.63, 3.8) is 0 Å². The molecule has 0 radical (unpaired) electrons. The quantitative estimate of drug-likeness (QED) is 0.423. The molecule has 0 unspecified atom stereocenters. The third kappa shape index (κ3) is 8.42. The monoisotopic (exact) mass is 515 g/mol.